The fourth-order valence-corrected chi connectivity index (χ4v) is 3.07. The Bertz CT molecular complexity index is 464. The SMILES string of the molecule is Cc1cc(C(=O)CCC2CCCCC2)c(Cl)cc1F. The summed E-state index contributed by atoms with van der Waals surface area (Å²) in [5.41, 5.74) is 0.946. The van der Waals surface area contributed by atoms with Gasteiger partial charge in [-0.2, -0.15) is 0 Å². The third-order valence-corrected chi connectivity index (χ3v) is 4.37. The minimum absolute atomic E-state index is 0.0404. The van der Waals surface area contributed by atoms with E-state index >= 15 is 0 Å². The second kappa shape index (κ2) is 6.51. The average molecular weight is 283 g/mol. The second-order valence-electron chi connectivity index (χ2n) is 5.55. The van der Waals surface area contributed by atoms with E-state index in [1.165, 1.54) is 38.2 Å². The number of carbonyl (C=O) groups excluding carboxylic acids is 1. The maximum absolute atomic E-state index is 13.3. The lowest BCUT2D eigenvalue weighted by atomic mass is 9.85. The first kappa shape index (κ1) is 14.5. The number of Topliss-reactive ketones (excluding diaryl/α,β-unsaturated/α-hetero) is 1. The van der Waals surface area contributed by atoms with Gasteiger partial charge in [0.05, 0.1) is 5.02 Å². The molecule has 0 amide bonds. The fraction of sp³-hybridized carbons (Fsp3) is 0.562. The zero-order chi connectivity index (χ0) is 13.8. The summed E-state index contributed by atoms with van der Waals surface area (Å²) < 4.78 is 13.3. The Balaban J connectivity index is 1.97. The van der Waals surface area contributed by atoms with Crippen molar-refractivity contribution in [2.45, 2.75) is 51.9 Å². The number of hydrogen-bond donors (Lipinski definition) is 0. The first-order chi connectivity index (χ1) is 9.08. The summed E-state index contributed by atoms with van der Waals surface area (Å²) in [6, 6.07) is 2.81. The van der Waals surface area contributed by atoms with Gasteiger partial charge in [0.25, 0.3) is 0 Å². The highest BCUT2D eigenvalue weighted by molar-refractivity contribution is 6.34. The first-order valence-corrected chi connectivity index (χ1v) is 7.44. The largest absolute Gasteiger partial charge is 0.294 e. The average Bonchev–Trinajstić information content (AvgIpc) is 2.41. The van der Waals surface area contributed by atoms with Crippen LogP contribution in [0.15, 0.2) is 12.1 Å². The standard InChI is InChI=1S/C16H20ClFO/c1-11-9-13(14(17)10-15(11)18)16(19)8-7-12-5-3-2-4-6-12/h9-10,12H,2-8H2,1H3. The van der Waals surface area contributed by atoms with Gasteiger partial charge < -0.3 is 0 Å². The highest BCUT2D eigenvalue weighted by Crippen LogP contribution is 2.29. The normalized spacial score (nSPS) is 16.6. The molecule has 1 aliphatic rings. The predicted octanol–water partition coefficient (Wildman–Crippen LogP) is 5.33. The smallest absolute Gasteiger partial charge is 0.164 e. The van der Waals surface area contributed by atoms with Crippen molar-refractivity contribution in [3.05, 3.63) is 34.1 Å². The van der Waals surface area contributed by atoms with Crippen LogP contribution in [0.3, 0.4) is 0 Å². The molecule has 0 aromatic heterocycles. The summed E-state index contributed by atoms with van der Waals surface area (Å²) in [5.74, 6) is 0.366. The third-order valence-electron chi connectivity index (χ3n) is 4.05. The molecule has 0 heterocycles. The van der Waals surface area contributed by atoms with Gasteiger partial charge in [-0.15, -0.1) is 0 Å². The van der Waals surface area contributed by atoms with E-state index in [0.717, 1.165) is 6.42 Å². The number of rotatable bonds is 4. The molecule has 104 valence electrons. The lowest BCUT2D eigenvalue weighted by Gasteiger charge is -2.21. The molecule has 0 spiro atoms. The molecular formula is C16H20ClFO. The van der Waals surface area contributed by atoms with E-state index in [1.54, 1.807) is 13.0 Å². The molecule has 0 bridgehead atoms. The van der Waals surface area contributed by atoms with Gasteiger partial charge in [-0.05, 0) is 37.0 Å². The van der Waals surface area contributed by atoms with Crippen LogP contribution in [0.4, 0.5) is 4.39 Å². The number of ketones is 1. The lowest BCUT2D eigenvalue weighted by molar-refractivity contribution is 0.0970. The number of benzene rings is 1. The number of halogens is 2. The van der Waals surface area contributed by atoms with Gasteiger partial charge in [0.2, 0.25) is 0 Å². The molecule has 3 heteroatoms. The number of aryl methyl sites for hydroxylation is 1. The lowest BCUT2D eigenvalue weighted by Crippen LogP contribution is -2.09. The van der Waals surface area contributed by atoms with Crippen LogP contribution in [0.25, 0.3) is 0 Å². The third kappa shape index (κ3) is 3.79. The fourth-order valence-electron chi connectivity index (χ4n) is 2.82. The first-order valence-electron chi connectivity index (χ1n) is 7.07. The van der Waals surface area contributed by atoms with Gasteiger partial charge >= 0.3 is 0 Å². The van der Waals surface area contributed by atoms with Crippen LogP contribution in [-0.4, -0.2) is 5.78 Å². The summed E-state index contributed by atoms with van der Waals surface area (Å²) in [6.07, 6.45) is 7.84. The second-order valence-corrected chi connectivity index (χ2v) is 5.95. The Hall–Kier alpha value is -0.890. The van der Waals surface area contributed by atoms with E-state index in [2.05, 4.69) is 0 Å². The molecule has 1 nitrogen and oxygen atoms in total. The van der Waals surface area contributed by atoms with Crippen LogP contribution >= 0.6 is 11.6 Å². The Morgan fingerprint density at radius 1 is 1.32 bits per heavy atom. The van der Waals surface area contributed by atoms with Crippen molar-refractivity contribution in [3.63, 3.8) is 0 Å². The summed E-state index contributed by atoms with van der Waals surface area (Å²) in [6.45, 7) is 1.66. The van der Waals surface area contributed by atoms with Crippen LogP contribution in [-0.2, 0) is 0 Å². The minimum atomic E-state index is -0.353. The molecular weight excluding hydrogens is 263 g/mol. The van der Waals surface area contributed by atoms with Gasteiger partial charge in [0.1, 0.15) is 5.82 Å². The van der Waals surface area contributed by atoms with Crippen LogP contribution in [0.5, 0.6) is 0 Å². The molecule has 0 unspecified atom stereocenters. The Kier molecular flexibility index (Phi) is 4.98. The molecule has 1 aromatic carbocycles. The van der Waals surface area contributed by atoms with E-state index in [0.29, 0.717) is 23.5 Å². The molecule has 0 N–H and O–H groups in total. The molecule has 2 rings (SSSR count). The van der Waals surface area contributed by atoms with E-state index in [9.17, 15) is 9.18 Å². The maximum atomic E-state index is 13.3. The van der Waals surface area contributed by atoms with Gasteiger partial charge in [0, 0.05) is 12.0 Å². The summed E-state index contributed by atoms with van der Waals surface area (Å²) >= 11 is 5.96. The van der Waals surface area contributed by atoms with Gasteiger partial charge in [0.15, 0.2) is 5.78 Å². The molecule has 19 heavy (non-hydrogen) atoms. The molecule has 1 aromatic rings. The van der Waals surface area contributed by atoms with Crippen LogP contribution in [0.1, 0.15) is 60.9 Å². The maximum Gasteiger partial charge on any atom is 0.164 e. The van der Waals surface area contributed by atoms with Crippen molar-refractivity contribution in [1.82, 2.24) is 0 Å². The zero-order valence-electron chi connectivity index (χ0n) is 11.3. The molecule has 1 saturated carbocycles. The Morgan fingerprint density at radius 3 is 2.68 bits per heavy atom. The Morgan fingerprint density at radius 2 is 2.00 bits per heavy atom. The molecule has 1 fully saturated rings. The van der Waals surface area contributed by atoms with Crippen molar-refractivity contribution >= 4 is 17.4 Å². The van der Waals surface area contributed by atoms with E-state index < -0.39 is 0 Å². The van der Waals surface area contributed by atoms with E-state index in [1.807, 2.05) is 0 Å². The predicted molar refractivity (Wildman–Crippen MR) is 76.3 cm³/mol. The van der Waals surface area contributed by atoms with Crippen molar-refractivity contribution in [2.24, 2.45) is 5.92 Å². The zero-order valence-corrected chi connectivity index (χ0v) is 12.1. The van der Waals surface area contributed by atoms with Crippen LogP contribution < -0.4 is 0 Å². The van der Waals surface area contributed by atoms with Crippen molar-refractivity contribution in [3.8, 4) is 0 Å². The number of carbonyl (C=O) groups is 1. The highest BCUT2D eigenvalue weighted by Gasteiger charge is 2.17. The van der Waals surface area contributed by atoms with Crippen LogP contribution in [0, 0.1) is 18.7 Å². The Labute approximate surface area is 119 Å². The quantitative estimate of drug-likeness (QED) is 0.682. The highest BCUT2D eigenvalue weighted by atomic mass is 35.5. The molecule has 1 aliphatic carbocycles. The van der Waals surface area contributed by atoms with Gasteiger partial charge in [-0.1, -0.05) is 43.7 Å². The van der Waals surface area contributed by atoms with Crippen molar-refractivity contribution in [1.29, 1.82) is 0 Å². The molecule has 0 saturated heterocycles. The van der Waals surface area contributed by atoms with Gasteiger partial charge in [-0.3, -0.25) is 4.79 Å². The van der Waals surface area contributed by atoms with Crippen molar-refractivity contribution in [2.75, 3.05) is 0 Å². The summed E-state index contributed by atoms with van der Waals surface area (Å²) in [5, 5.41) is 0.233. The van der Waals surface area contributed by atoms with E-state index in [4.69, 9.17) is 11.6 Å². The topological polar surface area (TPSA) is 17.1 Å². The summed E-state index contributed by atoms with van der Waals surface area (Å²) in [4.78, 5) is 12.2. The molecule has 0 aliphatic heterocycles. The van der Waals surface area contributed by atoms with E-state index in [-0.39, 0.29) is 16.6 Å². The molecule has 0 atom stereocenters. The van der Waals surface area contributed by atoms with Crippen LogP contribution in [0.2, 0.25) is 5.02 Å². The monoisotopic (exact) mass is 282 g/mol. The van der Waals surface area contributed by atoms with Crippen molar-refractivity contribution < 1.29 is 9.18 Å². The van der Waals surface area contributed by atoms with Gasteiger partial charge in [-0.25, -0.2) is 4.39 Å². The molecule has 0 radical (unpaired) electrons. The number of hydrogen-bond acceptors (Lipinski definition) is 1. The minimum Gasteiger partial charge on any atom is -0.294 e. The summed E-state index contributed by atoms with van der Waals surface area (Å²) in [7, 11) is 0.